The van der Waals surface area contributed by atoms with Crippen LogP contribution >= 0.6 is 22.9 Å². The Hall–Kier alpha value is -3.48. The van der Waals surface area contributed by atoms with Gasteiger partial charge in [-0.1, -0.05) is 25.4 Å². The molecule has 1 aromatic carbocycles. The molecule has 3 N–H and O–H groups in total. The first-order valence-corrected chi connectivity index (χ1v) is 14.7. The zero-order valence-corrected chi connectivity index (χ0v) is 23.4. The Morgan fingerprint density at radius 2 is 1.87 bits per heavy atom. The van der Waals surface area contributed by atoms with E-state index in [4.69, 9.17) is 11.6 Å². The molecule has 0 atom stereocenters. The van der Waals surface area contributed by atoms with E-state index in [1.807, 2.05) is 30.7 Å². The van der Waals surface area contributed by atoms with Crippen LogP contribution in [0.25, 0.3) is 16.7 Å². The van der Waals surface area contributed by atoms with Crippen molar-refractivity contribution in [2.24, 2.45) is 5.92 Å². The van der Waals surface area contributed by atoms with Gasteiger partial charge in [-0.15, -0.1) is 11.3 Å². The van der Waals surface area contributed by atoms with Gasteiger partial charge in [0.1, 0.15) is 15.9 Å². The molecule has 0 unspecified atom stereocenters. The molecule has 5 rings (SSSR count). The first-order chi connectivity index (χ1) is 18.2. The van der Waals surface area contributed by atoms with Crippen LogP contribution in [0.15, 0.2) is 57.7 Å². The minimum Gasteiger partial charge on any atom is -0.385 e. The first-order valence-electron chi connectivity index (χ1n) is 12.0. The highest BCUT2D eigenvalue weighted by molar-refractivity contribution is 7.92. The topological polar surface area (TPSA) is 135 Å². The molecule has 0 radical (unpaired) electrons. The summed E-state index contributed by atoms with van der Waals surface area (Å²) in [5, 5.41) is 6.26. The van der Waals surface area contributed by atoms with Crippen molar-refractivity contribution in [1.29, 1.82) is 0 Å². The standard InChI is InChI=1S/C23H21ClN6O4S2.C2H6/c1-13-27-18-10-15(25-11-14-2-3-14)4-6-17(18)22(31)30(13)20-8-5-16(12-26-20)28-23(32)29-36(33,34)21-9-7-19(24)35-21;1-2/h4-10,12,14,25H,2-3,11H2,1H3,(H2,28,29,32);1-2H3. The van der Waals surface area contributed by atoms with E-state index in [1.54, 1.807) is 13.0 Å². The SMILES string of the molecule is CC.Cc1nc2cc(NCC3CC3)ccc2c(=O)n1-c1ccc(NC(=O)NS(=O)(=O)c2ccc(Cl)s2)cn1. The molecule has 0 saturated heterocycles. The number of carbonyl (C=O) groups excluding carboxylic acids is 1. The molecule has 0 spiro atoms. The maximum atomic E-state index is 13.2. The third-order valence-corrected chi connectivity index (χ3v) is 8.66. The van der Waals surface area contributed by atoms with Gasteiger partial charge >= 0.3 is 6.03 Å². The highest BCUT2D eigenvalue weighted by Crippen LogP contribution is 2.29. The number of nitrogens with one attached hydrogen (secondary N) is 3. The van der Waals surface area contributed by atoms with Crippen LogP contribution in [0.4, 0.5) is 16.2 Å². The van der Waals surface area contributed by atoms with Crippen molar-refractivity contribution in [2.45, 2.75) is 37.8 Å². The van der Waals surface area contributed by atoms with Gasteiger partial charge in [-0.05, 0) is 68.1 Å². The quantitative estimate of drug-likeness (QED) is 0.277. The van der Waals surface area contributed by atoms with Gasteiger partial charge in [0.2, 0.25) is 0 Å². The number of amides is 2. The van der Waals surface area contributed by atoms with Gasteiger partial charge in [0, 0.05) is 12.2 Å². The van der Waals surface area contributed by atoms with Crippen LogP contribution in [-0.2, 0) is 10.0 Å². The smallest absolute Gasteiger partial charge is 0.333 e. The lowest BCUT2D eigenvalue weighted by Crippen LogP contribution is -2.34. The molecule has 38 heavy (non-hydrogen) atoms. The lowest BCUT2D eigenvalue weighted by Gasteiger charge is -2.12. The van der Waals surface area contributed by atoms with Crippen molar-refractivity contribution < 1.29 is 13.2 Å². The van der Waals surface area contributed by atoms with Crippen LogP contribution in [0.1, 0.15) is 32.5 Å². The van der Waals surface area contributed by atoms with Gasteiger partial charge in [-0.2, -0.15) is 0 Å². The molecule has 1 aliphatic carbocycles. The van der Waals surface area contributed by atoms with Crippen molar-refractivity contribution in [2.75, 3.05) is 17.2 Å². The number of thiophene rings is 1. The molecule has 0 aliphatic heterocycles. The number of sulfonamides is 1. The number of hydrogen-bond acceptors (Lipinski definition) is 8. The van der Waals surface area contributed by atoms with E-state index in [0.29, 0.717) is 22.5 Å². The van der Waals surface area contributed by atoms with E-state index < -0.39 is 16.1 Å². The molecular formula is C25H27ClN6O4S2. The van der Waals surface area contributed by atoms with Crippen LogP contribution < -0.4 is 20.9 Å². The summed E-state index contributed by atoms with van der Waals surface area (Å²) >= 11 is 6.60. The number of fused-ring (bicyclic) bond motifs is 1. The monoisotopic (exact) mass is 574 g/mol. The minimum atomic E-state index is -4.06. The largest absolute Gasteiger partial charge is 0.385 e. The molecule has 13 heteroatoms. The number of benzene rings is 1. The molecule has 2 amide bonds. The van der Waals surface area contributed by atoms with Crippen LogP contribution in [0.5, 0.6) is 0 Å². The predicted molar refractivity (Wildman–Crippen MR) is 151 cm³/mol. The second-order valence-electron chi connectivity index (χ2n) is 8.38. The number of aromatic nitrogens is 3. The summed E-state index contributed by atoms with van der Waals surface area (Å²) in [7, 11) is -4.06. The van der Waals surface area contributed by atoms with E-state index in [-0.39, 0.29) is 19.8 Å². The summed E-state index contributed by atoms with van der Waals surface area (Å²) in [5.74, 6) is 1.50. The zero-order valence-electron chi connectivity index (χ0n) is 21.0. The number of hydrogen-bond donors (Lipinski definition) is 3. The fourth-order valence-corrected chi connectivity index (χ4v) is 6.01. The molecule has 3 heterocycles. The average molecular weight is 575 g/mol. The van der Waals surface area contributed by atoms with Gasteiger partial charge in [0.25, 0.3) is 15.6 Å². The number of aryl methyl sites for hydroxylation is 1. The molecular weight excluding hydrogens is 548 g/mol. The fraction of sp³-hybridized carbons (Fsp3) is 0.280. The molecule has 1 aliphatic rings. The summed E-state index contributed by atoms with van der Waals surface area (Å²) < 4.78 is 28.1. The third kappa shape index (κ3) is 6.32. The van der Waals surface area contributed by atoms with Crippen LogP contribution in [0.3, 0.4) is 0 Å². The Balaban J connectivity index is 0.00000164. The third-order valence-electron chi connectivity index (χ3n) is 5.60. The summed E-state index contributed by atoms with van der Waals surface area (Å²) in [6.45, 7) is 6.63. The molecule has 1 fully saturated rings. The molecule has 200 valence electrons. The van der Waals surface area contributed by atoms with Crippen molar-refractivity contribution in [3.05, 3.63) is 69.2 Å². The number of urea groups is 1. The number of anilines is 2. The van der Waals surface area contributed by atoms with Crippen LogP contribution in [0.2, 0.25) is 4.34 Å². The van der Waals surface area contributed by atoms with Gasteiger partial charge in [-0.25, -0.2) is 32.5 Å². The van der Waals surface area contributed by atoms with Crippen molar-refractivity contribution >= 4 is 61.3 Å². The number of pyridine rings is 1. The highest BCUT2D eigenvalue weighted by atomic mass is 35.5. The minimum absolute atomic E-state index is 0.0828. The maximum absolute atomic E-state index is 13.2. The predicted octanol–water partition coefficient (Wildman–Crippen LogP) is 5.16. The van der Waals surface area contributed by atoms with Crippen molar-refractivity contribution in [1.82, 2.24) is 19.3 Å². The number of rotatable bonds is 7. The lowest BCUT2D eigenvalue weighted by atomic mass is 10.2. The summed E-state index contributed by atoms with van der Waals surface area (Å²) in [4.78, 5) is 34.3. The molecule has 1 saturated carbocycles. The summed E-state index contributed by atoms with van der Waals surface area (Å²) in [5.41, 5.74) is 1.49. The lowest BCUT2D eigenvalue weighted by molar-refractivity contribution is 0.256. The second-order valence-corrected chi connectivity index (χ2v) is 12.0. The van der Waals surface area contributed by atoms with Gasteiger partial charge in [-0.3, -0.25) is 4.79 Å². The van der Waals surface area contributed by atoms with E-state index in [9.17, 15) is 18.0 Å². The zero-order chi connectivity index (χ0) is 27.4. The van der Waals surface area contributed by atoms with Crippen LogP contribution in [0, 0.1) is 12.8 Å². The second kappa shape index (κ2) is 11.5. The fourth-order valence-electron chi connectivity index (χ4n) is 3.62. The molecule has 3 aromatic heterocycles. The van der Waals surface area contributed by atoms with E-state index >= 15 is 0 Å². The Morgan fingerprint density at radius 1 is 1.13 bits per heavy atom. The number of nitrogens with zero attached hydrogens (tertiary/aromatic N) is 3. The summed E-state index contributed by atoms with van der Waals surface area (Å²) in [6.07, 6.45) is 3.82. The number of halogens is 1. The first kappa shape index (κ1) is 27.6. The molecule has 4 aromatic rings. The Kier molecular flexibility index (Phi) is 8.34. The van der Waals surface area contributed by atoms with E-state index in [1.165, 1.54) is 47.9 Å². The van der Waals surface area contributed by atoms with Gasteiger partial charge in [0.15, 0.2) is 0 Å². The van der Waals surface area contributed by atoms with Gasteiger partial charge in [0.05, 0.1) is 27.1 Å². The Labute approximate surface area is 229 Å². The number of carbonyl (C=O) groups is 1. The normalized spacial score (nSPS) is 12.9. The van der Waals surface area contributed by atoms with E-state index in [2.05, 4.69) is 20.6 Å². The van der Waals surface area contributed by atoms with E-state index in [0.717, 1.165) is 29.5 Å². The Bertz CT molecular complexity index is 1630. The van der Waals surface area contributed by atoms with Crippen LogP contribution in [-0.4, -0.2) is 35.5 Å². The Morgan fingerprint density at radius 3 is 2.50 bits per heavy atom. The molecule has 0 bridgehead atoms. The molecule has 10 nitrogen and oxygen atoms in total. The maximum Gasteiger partial charge on any atom is 0.333 e. The average Bonchev–Trinajstić information content (AvgIpc) is 3.61. The summed E-state index contributed by atoms with van der Waals surface area (Å²) in [6, 6.07) is 10.3. The van der Waals surface area contributed by atoms with Crippen molar-refractivity contribution in [3.8, 4) is 5.82 Å². The van der Waals surface area contributed by atoms with Gasteiger partial charge < -0.3 is 10.6 Å². The van der Waals surface area contributed by atoms with Crippen molar-refractivity contribution in [3.63, 3.8) is 0 Å². The highest BCUT2D eigenvalue weighted by Gasteiger charge is 2.21.